The fourth-order valence-corrected chi connectivity index (χ4v) is 4.78. The van der Waals surface area contributed by atoms with Crippen molar-refractivity contribution in [3.05, 3.63) is 53.7 Å². The Kier molecular flexibility index (Phi) is 7.63. The van der Waals surface area contributed by atoms with Crippen molar-refractivity contribution in [2.24, 2.45) is 0 Å². The van der Waals surface area contributed by atoms with Gasteiger partial charge in [-0.1, -0.05) is 6.07 Å². The van der Waals surface area contributed by atoms with E-state index in [0.29, 0.717) is 25.9 Å². The van der Waals surface area contributed by atoms with Crippen LogP contribution in [0.2, 0.25) is 0 Å². The predicted molar refractivity (Wildman–Crippen MR) is 134 cm³/mol. The fourth-order valence-electron chi connectivity index (χ4n) is 4.78. The fraction of sp³-hybridized carbons (Fsp3) is 0.500. The lowest BCUT2D eigenvalue weighted by molar-refractivity contribution is 0.248. The molecule has 34 heavy (non-hydrogen) atoms. The van der Waals surface area contributed by atoms with Gasteiger partial charge in [-0.25, -0.2) is 24.0 Å². The molecule has 0 spiro atoms. The molecule has 2 fully saturated rings. The minimum Gasteiger partial charge on any atom is -0.353 e. The van der Waals surface area contributed by atoms with E-state index in [-0.39, 0.29) is 12.4 Å². The number of piperazine rings is 1. The van der Waals surface area contributed by atoms with Crippen molar-refractivity contribution >= 4 is 24.0 Å². The van der Waals surface area contributed by atoms with E-state index in [1.54, 1.807) is 18.6 Å². The number of pyridine rings is 1. The molecule has 3 aromatic heterocycles. The van der Waals surface area contributed by atoms with E-state index in [1.165, 1.54) is 5.56 Å². The van der Waals surface area contributed by atoms with E-state index in [4.69, 9.17) is 5.10 Å². The first-order valence-corrected chi connectivity index (χ1v) is 11.7. The molecule has 0 radical (unpaired) electrons. The van der Waals surface area contributed by atoms with Gasteiger partial charge in [-0.15, -0.1) is 12.4 Å². The van der Waals surface area contributed by atoms with Gasteiger partial charge in [0.1, 0.15) is 6.17 Å². The van der Waals surface area contributed by atoms with Gasteiger partial charge in [0.05, 0.1) is 5.69 Å². The molecule has 0 unspecified atom stereocenters. The smallest absolute Gasteiger partial charge is 0.172 e. The summed E-state index contributed by atoms with van der Waals surface area (Å²) in [6.45, 7) is 10.1. The largest absolute Gasteiger partial charge is 0.353 e. The van der Waals surface area contributed by atoms with Gasteiger partial charge in [0.25, 0.3) is 0 Å². The topological polar surface area (TPSA) is 66.2 Å². The first kappa shape index (κ1) is 24.3. The van der Waals surface area contributed by atoms with E-state index >= 15 is 0 Å². The highest BCUT2D eigenvalue weighted by atomic mass is 35.5. The van der Waals surface area contributed by atoms with Crippen LogP contribution < -0.4 is 9.80 Å². The third kappa shape index (κ3) is 5.00. The molecule has 10 heteroatoms. The van der Waals surface area contributed by atoms with Gasteiger partial charge < -0.3 is 9.80 Å². The molecule has 5 rings (SSSR count). The van der Waals surface area contributed by atoms with Gasteiger partial charge in [0, 0.05) is 75.7 Å². The van der Waals surface area contributed by atoms with Crippen LogP contribution in [0.1, 0.15) is 29.8 Å². The summed E-state index contributed by atoms with van der Waals surface area (Å²) in [5, 5.41) is 4.74. The van der Waals surface area contributed by atoms with Crippen LogP contribution in [0.25, 0.3) is 5.82 Å². The average Bonchev–Trinajstić information content (AvgIpc) is 3.14. The summed E-state index contributed by atoms with van der Waals surface area (Å²) in [4.78, 5) is 20.7. The summed E-state index contributed by atoms with van der Waals surface area (Å²) in [5.74, 6) is 2.66. The van der Waals surface area contributed by atoms with Crippen molar-refractivity contribution in [3.63, 3.8) is 0 Å². The minimum absolute atomic E-state index is 0. The Morgan fingerprint density at radius 3 is 2.12 bits per heavy atom. The predicted octanol–water partition coefficient (Wildman–Crippen LogP) is 3.36. The highest BCUT2D eigenvalue weighted by molar-refractivity contribution is 5.85. The molecule has 2 saturated heterocycles. The van der Waals surface area contributed by atoms with Crippen LogP contribution in [-0.2, 0) is 6.54 Å². The molecular formula is C24H32ClFN8. The van der Waals surface area contributed by atoms with Crippen LogP contribution >= 0.6 is 12.4 Å². The average molecular weight is 487 g/mol. The van der Waals surface area contributed by atoms with Gasteiger partial charge in [0.2, 0.25) is 0 Å². The Balaban J connectivity index is 0.00000274. The second-order valence-electron chi connectivity index (χ2n) is 8.88. The molecular weight excluding hydrogens is 455 g/mol. The maximum atomic E-state index is 13.6. The number of halogens is 2. The first-order chi connectivity index (χ1) is 16.1. The summed E-state index contributed by atoms with van der Waals surface area (Å²) in [6, 6.07) is 5.88. The van der Waals surface area contributed by atoms with Crippen molar-refractivity contribution < 1.29 is 4.39 Å². The van der Waals surface area contributed by atoms with Crippen molar-refractivity contribution in [1.29, 1.82) is 0 Å². The highest BCUT2D eigenvalue weighted by Gasteiger charge is 2.27. The SMILES string of the molecule is Cc1nn(-c2ccccn2)c(C)c1CN1CCN(c2nccnc2N2CCC(F)CC2)CC1.Cl. The normalized spacial score (nSPS) is 17.6. The van der Waals surface area contributed by atoms with E-state index in [9.17, 15) is 4.39 Å². The van der Waals surface area contributed by atoms with Crippen molar-refractivity contribution in [2.45, 2.75) is 39.4 Å². The molecule has 0 aliphatic carbocycles. The van der Waals surface area contributed by atoms with Gasteiger partial charge in [-0.3, -0.25) is 4.90 Å². The molecule has 2 aliphatic heterocycles. The van der Waals surface area contributed by atoms with E-state index in [2.05, 4.69) is 43.5 Å². The number of aromatic nitrogens is 5. The Hall–Kier alpha value is -2.78. The zero-order valence-corrected chi connectivity index (χ0v) is 20.6. The molecule has 5 heterocycles. The summed E-state index contributed by atoms with van der Waals surface area (Å²) in [6.07, 6.45) is 5.72. The molecule has 0 saturated carbocycles. The van der Waals surface area contributed by atoms with E-state index in [1.807, 2.05) is 22.9 Å². The maximum absolute atomic E-state index is 13.6. The number of hydrogen-bond donors (Lipinski definition) is 0. The number of nitrogens with zero attached hydrogens (tertiary/aromatic N) is 8. The van der Waals surface area contributed by atoms with Crippen molar-refractivity contribution in [2.75, 3.05) is 49.1 Å². The summed E-state index contributed by atoms with van der Waals surface area (Å²) < 4.78 is 15.6. The molecule has 182 valence electrons. The number of hydrogen-bond acceptors (Lipinski definition) is 7. The molecule has 0 N–H and O–H groups in total. The zero-order chi connectivity index (χ0) is 22.8. The van der Waals surface area contributed by atoms with Crippen LogP contribution in [0.3, 0.4) is 0 Å². The summed E-state index contributed by atoms with van der Waals surface area (Å²) in [7, 11) is 0. The lowest BCUT2D eigenvalue weighted by Crippen LogP contribution is -2.47. The lowest BCUT2D eigenvalue weighted by atomic mass is 10.1. The number of anilines is 2. The number of rotatable bonds is 5. The second kappa shape index (κ2) is 10.7. The molecule has 0 aromatic carbocycles. The summed E-state index contributed by atoms with van der Waals surface area (Å²) >= 11 is 0. The van der Waals surface area contributed by atoms with Crippen LogP contribution in [0.5, 0.6) is 0 Å². The Bertz CT molecular complexity index is 1080. The monoisotopic (exact) mass is 486 g/mol. The molecule has 0 amide bonds. The van der Waals surface area contributed by atoms with E-state index < -0.39 is 6.17 Å². The number of piperidine rings is 1. The minimum atomic E-state index is -0.696. The quantitative estimate of drug-likeness (QED) is 0.547. The molecule has 2 aliphatic rings. The molecule has 0 atom stereocenters. The Morgan fingerprint density at radius 2 is 1.50 bits per heavy atom. The second-order valence-corrected chi connectivity index (χ2v) is 8.88. The third-order valence-corrected chi connectivity index (χ3v) is 6.75. The Labute approximate surface area is 206 Å². The maximum Gasteiger partial charge on any atom is 0.172 e. The summed E-state index contributed by atoms with van der Waals surface area (Å²) in [5.41, 5.74) is 3.46. The Morgan fingerprint density at radius 1 is 0.853 bits per heavy atom. The zero-order valence-electron chi connectivity index (χ0n) is 19.8. The third-order valence-electron chi connectivity index (χ3n) is 6.75. The highest BCUT2D eigenvalue weighted by Crippen LogP contribution is 2.29. The van der Waals surface area contributed by atoms with Crippen LogP contribution in [-0.4, -0.2) is 75.1 Å². The van der Waals surface area contributed by atoms with E-state index in [0.717, 1.165) is 61.6 Å². The molecule has 0 bridgehead atoms. The molecule has 8 nitrogen and oxygen atoms in total. The van der Waals surface area contributed by atoms with Gasteiger partial charge in [-0.2, -0.15) is 5.10 Å². The van der Waals surface area contributed by atoms with Gasteiger partial charge in [0.15, 0.2) is 17.5 Å². The van der Waals surface area contributed by atoms with Crippen LogP contribution in [0, 0.1) is 13.8 Å². The van der Waals surface area contributed by atoms with Crippen molar-refractivity contribution in [1.82, 2.24) is 29.6 Å². The van der Waals surface area contributed by atoms with Crippen LogP contribution in [0.15, 0.2) is 36.8 Å². The van der Waals surface area contributed by atoms with Crippen LogP contribution in [0.4, 0.5) is 16.0 Å². The van der Waals surface area contributed by atoms with Gasteiger partial charge in [-0.05, 0) is 38.8 Å². The first-order valence-electron chi connectivity index (χ1n) is 11.7. The molecule has 3 aromatic rings. The standard InChI is InChI=1S/C24H31FN8.ClH/c1-18-21(19(2)33(29-18)22-5-3-4-8-26-22)17-30-13-15-32(16-14-30)24-23(27-9-10-28-24)31-11-6-20(25)7-12-31;/h3-5,8-10,20H,6-7,11-17H2,1-2H3;1H. The number of aryl methyl sites for hydroxylation is 1. The van der Waals surface area contributed by atoms with Gasteiger partial charge >= 0.3 is 0 Å². The van der Waals surface area contributed by atoms with Crippen molar-refractivity contribution in [3.8, 4) is 5.82 Å². The lowest BCUT2D eigenvalue weighted by Gasteiger charge is -2.38. The number of alkyl halides is 1.